The summed E-state index contributed by atoms with van der Waals surface area (Å²) in [5.74, 6) is -0.787. The van der Waals surface area contributed by atoms with Gasteiger partial charge in [0.1, 0.15) is 0 Å². The van der Waals surface area contributed by atoms with Crippen LogP contribution in [0, 0.1) is 0 Å². The van der Waals surface area contributed by atoms with Crippen LogP contribution in [-0.2, 0) is 20.7 Å². The molecule has 24 heavy (non-hydrogen) atoms. The third-order valence-electron chi connectivity index (χ3n) is 3.48. The fourth-order valence-electron chi connectivity index (χ4n) is 2.29. The minimum atomic E-state index is -0.871. The fraction of sp³-hybridized carbons (Fsp3) is 0.167. The van der Waals surface area contributed by atoms with Gasteiger partial charge in [0.15, 0.2) is 6.10 Å². The van der Waals surface area contributed by atoms with E-state index in [0.29, 0.717) is 5.69 Å². The summed E-state index contributed by atoms with van der Waals surface area (Å²) < 4.78 is 5.21. The number of hydrogen-bond acceptors (Lipinski definition) is 5. The van der Waals surface area contributed by atoms with Gasteiger partial charge in [-0.15, -0.1) is 11.3 Å². The number of thiophene rings is 1. The van der Waals surface area contributed by atoms with Gasteiger partial charge in [-0.05, 0) is 42.6 Å². The van der Waals surface area contributed by atoms with Crippen LogP contribution in [-0.4, -0.2) is 23.0 Å². The second-order valence-corrected chi connectivity index (χ2v) is 6.29. The number of carbonyl (C=O) groups is 2. The van der Waals surface area contributed by atoms with Crippen molar-refractivity contribution in [2.24, 2.45) is 0 Å². The SMILES string of the molecule is CC(OC(=O)Cc1cccs1)C(=O)Nc1cccc2ncccc12. The molecule has 3 aromatic rings. The molecule has 0 bridgehead atoms. The number of esters is 1. The monoisotopic (exact) mass is 340 g/mol. The number of hydrogen-bond donors (Lipinski definition) is 1. The Hall–Kier alpha value is -2.73. The van der Waals surface area contributed by atoms with Crippen molar-refractivity contribution in [3.05, 3.63) is 58.9 Å². The topological polar surface area (TPSA) is 68.3 Å². The Morgan fingerprint density at radius 3 is 2.88 bits per heavy atom. The van der Waals surface area contributed by atoms with E-state index < -0.39 is 12.1 Å². The van der Waals surface area contributed by atoms with E-state index in [9.17, 15) is 9.59 Å². The van der Waals surface area contributed by atoms with Crippen LogP contribution in [0.1, 0.15) is 11.8 Å². The number of anilines is 1. The van der Waals surface area contributed by atoms with Crippen molar-refractivity contribution < 1.29 is 14.3 Å². The predicted molar refractivity (Wildman–Crippen MR) is 93.9 cm³/mol. The first-order valence-electron chi connectivity index (χ1n) is 7.50. The molecule has 122 valence electrons. The van der Waals surface area contributed by atoms with Gasteiger partial charge in [-0.2, -0.15) is 0 Å². The molecule has 1 aromatic carbocycles. The summed E-state index contributed by atoms with van der Waals surface area (Å²) in [7, 11) is 0. The number of nitrogens with one attached hydrogen (secondary N) is 1. The number of rotatable bonds is 5. The summed E-state index contributed by atoms with van der Waals surface area (Å²) in [4.78, 5) is 29.3. The number of aromatic nitrogens is 1. The Balaban J connectivity index is 1.64. The standard InChI is InChI=1S/C18H16N2O3S/c1-12(23-17(21)11-13-5-4-10-24-13)18(22)20-16-8-2-7-15-14(16)6-3-9-19-15/h2-10,12H,11H2,1H3,(H,20,22). The van der Waals surface area contributed by atoms with E-state index in [2.05, 4.69) is 10.3 Å². The molecule has 3 rings (SSSR count). The molecule has 1 atom stereocenters. The van der Waals surface area contributed by atoms with E-state index in [-0.39, 0.29) is 12.3 Å². The van der Waals surface area contributed by atoms with Crippen molar-refractivity contribution >= 4 is 39.8 Å². The zero-order chi connectivity index (χ0) is 16.9. The summed E-state index contributed by atoms with van der Waals surface area (Å²) in [5.41, 5.74) is 1.43. The number of ether oxygens (including phenoxy) is 1. The van der Waals surface area contributed by atoms with Gasteiger partial charge in [0, 0.05) is 16.5 Å². The number of benzene rings is 1. The maximum Gasteiger partial charge on any atom is 0.311 e. The van der Waals surface area contributed by atoms with Crippen molar-refractivity contribution in [3.8, 4) is 0 Å². The highest BCUT2D eigenvalue weighted by Crippen LogP contribution is 2.21. The molecule has 1 unspecified atom stereocenters. The van der Waals surface area contributed by atoms with Gasteiger partial charge in [0.2, 0.25) is 0 Å². The molecular weight excluding hydrogens is 324 g/mol. The average molecular weight is 340 g/mol. The third-order valence-corrected chi connectivity index (χ3v) is 4.36. The summed E-state index contributed by atoms with van der Waals surface area (Å²) in [5, 5.41) is 5.53. The van der Waals surface area contributed by atoms with Crippen LogP contribution < -0.4 is 5.32 Å². The van der Waals surface area contributed by atoms with Crippen LogP contribution in [0.3, 0.4) is 0 Å². The number of carbonyl (C=O) groups excluding carboxylic acids is 2. The average Bonchev–Trinajstić information content (AvgIpc) is 3.08. The van der Waals surface area contributed by atoms with Gasteiger partial charge in [-0.3, -0.25) is 14.6 Å². The van der Waals surface area contributed by atoms with E-state index in [1.807, 2.05) is 41.8 Å². The maximum atomic E-state index is 12.3. The zero-order valence-electron chi connectivity index (χ0n) is 13.1. The highest BCUT2D eigenvalue weighted by molar-refractivity contribution is 7.10. The molecular formula is C18H16N2O3S. The second kappa shape index (κ2) is 7.23. The third kappa shape index (κ3) is 3.78. The highest BCUT2D eigenvalue weighted by Gasteiger charge is 2.19. The molecule has 2 heterocycles. The molecule has 0 saturated heterocycles. The Labute approximate surface area is 143 Å². The molecule has 1 amide bonds. The smallest absolute Gasteiger partial charge is 0.311 e. The molecule has 1 N–H and O–H groups in total. The van der Waals surface area contributed by atoms with Gasteiger partial charge in [-0.25, -0.2) is 0 Å². The highest BCUT2D eigenvalue weighted by atomic mass is 32.1. The lowest BCUT2D eigenvalue weighted by Gasteiger charge is -2.14. The first-order valence-corrected chi connectivity index (χ1v) is 8.38. The molecule has 0 spiro atoms. The van der Waals surface area contributed by atoms with Crippen molar-refractivity contribution in [3.63, 3.8) is 0 Å². The van der Waals surface area contributed by atoms with Crippen molar-refractivity contribution in [1.29, 1.82) is 0 Å². The number of pyridine rings is 1. The number of fused-ring (bicyclic) bond motifs is 1. The molecule has 5 nitrogen and oxygen atoms in total. The summed E-state index contributed by atoms with van der Waals surface area (Å²) in [6.07, 6.45) is 1.00. The lowest BCUT2D eigenvalue weighted by molar-refractivity contribution is -0.152. The molecule has 0 aliphatic carbocycles. The first-order chi connectivity index (χ1) is 11.6. The van der Waals surface area contributed by atoms with Crippen LogP contribution in [0.25, 0.3) is 10.9 Å². The maximum absolute atomic E-state index is 12.3. The minimum absolute atomic E-state index is 0.174. The Morgan fingerprint density at radius 2 is 2.08 bits per heavy atom. The van der Waals surface area contributed by atoms with Gasteiger partial charge < -0.3 is 10.1 Å². The Bertz CT molecular complexity index is 856. The summed E-state index contributed by atoms with van der Waals surface area (Å²) >= 11 is 1.48. The summed E-state index contributed by atoms with van der Waals surface area (Å²) in [6, 6.07) is 12.9. The lowest BCUT2D eigenvalue weighted by atomic mass is 10.2. The molecule has 0 saturated carbocycles. The van der Waals surface area contributed by atoms with Crippen molar-refractivity contribution in [2.75, 3.05) is 5.32 Å². The van der Waals surface area contributed by atoms with Gasteiger partial charge >= 0.3 is 5.97 Å². The molecule has 0 aliphatic heterocycles. The largest absolute Gasteiger partial charge is 0.452 e. The van der Waals surface area contributed by atoms with E-state index in [0.717, 1.165) is 15.8 Å². The van der Waals surface area contributed by atoms with Gasteiger partial charge in [0.25, 0.3) is 5.91 Å². The van der Waals surface area contributed by atoms with E-state index in [1.54, 1.807) is 19.2 Å². The molecule has 6 heteroatoms. The zero-order valence-corrected chi connectivity index (χ0v) is 13.9. The van der Waals surface area contributed by atoms with E-state index >= 15 is 0 Å². The quantitative estimate of drug-likeness (QED) is 0.723. The number of nitrogens with zero attached hydrogens (tertiary/aromatic N) is 1. The van der Waals surface area contributed by atoms with E-state index in [4.69, 9.17) is 4.74 Å². The number of amides is 1. The summed E-state index contributed by atoms with van der Waals surface area (Å²) in [6.45, 7) is 1.56. The van der Waals surface area contributed by atoms with Crippen LogP contribution in [0.15, 0.2) is 54.0 Å². The van der Waals surface area contributed by atoms with Crippen LogP contribution in [0.5, 0.6) is 0 Å². The molecule has 0 fully saturated rings. The minimum Gasteiger partial charge on any atom is -0.452 e. The fourth-order valence-corrected chi connectivity index (χ4v) is 2.98. The Kier molecular flexibility index (Phi) is 4.86. The molecule has 2 aromatic heterocycles. The second-order valence-electron chi connectivity index (χ2n) is 5.25. The van der Waals surface area contributed by atoms with Gasteiger partial charge in [-0.1, -0.05) is 12.1 Å². The Morgan fingerprint density at radius 1 is 1.21 bits per heavy atom. The molecule has 0 radical (unpaired) electrons. The van der Waals surface area contributed by atoms with Crippen molar-refractivity contribution in [1.82, 2.24) is 4.98 Å². The van der Waals surface area contributed by atoms with Gasteiger partial charge in [0.05, 0.1) is 17.6 Å². The van der Waals surface area contributed by atoms with Crippen LogP contribution >= 0.6 is 11.3 Å². The van der Waals surface area contributed by atoms with E-state index in [1.165, 1.54) is 11.3 Å². The predicted octanol–water partition coefficient (Wildman–Crippen LogP) is 3.41. The first kappa shape index (κ1) is 16.1. The van der Waals surface area contributed by atoms with Crippen LogP contribution in [0.2, 0.25) is 0 Å². The van der Waals surface area contributed by atoms with Crippen LogP contribution in [0.4, 0.5) is 5.69 Å². The molecule has 0 aliphatic rings. The normalized spacial score (nSPS) is 11.9. The van der Waals surface area contributed by atoms with Crippen molar-refractivity contribution in [2.45, 2.75) is 19.4 Å². The lowest BCUT2D eigenvalue weighted by Crippen LogP contribution is -2.30.